The van der Waals surface area contributed by atoms with Gasteiger partial charge in [-0.25, -0.2) is 4.68 Å². The summed E-state index contributed by atoms with van der Waals surface area (Å²) in [5, 5.41) is 7.65. The summed E-state index contributed by atoms with van der Waals surface area (Å²) in [6.45, 7) is 0.383. The lowest BCUT2D eigenvalue weighted by Crippen LogP contribution is -2.23. The molecule has 1 N–H and O–H groups in total. The molecule has 144 valence electrons. The number of aromatic nitrogens is 3. The van der Waals surface area contributed by atoms with E-state index in [1.165, 1.54) is 0 Å². The fourth-order valence-electron chi connectivity index (χ4n) is 3.07. The summed E-state index contributed by atoms with van der Waals surface area (Å²) in [6, 6.07) is 21.0. The number of methoxy groups -OCH3 is 1. The number of para-hydroxylation sites is 2. The summed E-state index contributed by atoms with van der Waals surface area (Å²) in [7, 11) is 1.61. The van der Waals surface area contributed by atoms with Crippen molar-refractivity contribution in [3.8, 4) is 22.7 Å². The number of carbonyl (C=O) groups excluding carboxylic acids is 1. The molecule has 0 aliphatic heterocycles. The maximum atomic E-state index is 13.0. The number of benzene rings is 2. The van der Waals surface area contributed by atoms with Crippen LogP contribution >= 0.6 is 0 Å². The highest BCUT2D eigenvalue weighted by Gasteiger charge is 2.21. The van der Waals surface area contributed by atoms with Gasteiger partial charge in [-0.1, -0.05) is 36.4 Å². The van der Waals surface area contributed by atoms with Gasteiger partial charge in [-0.3, -0.25) is 9.78 Å². The molecule has 29 heavy (non-hydrogen) atoms. The van der Waals surface area contributed by atoms with E-state index in [4.69, 9.17) is 9.84 Å². The van der Waals surface area contributed by atoms with Crippen LogP contribution in [0.3, 0.4) is 0 Å². The minimum absolute atomic E-state index is 0.211. The lowest BCUT2D eigenvalue weighted by molar-refractivity contribution is 0.0951. The van der Waals surface area contributed by atoms with Gasteiger partial charge < -0.3 is 10.1 Å². The van der Waals surface area contributed by atoms with Crippen LogP contribution in [0.15, 0.2) is 85.3 Å². The van der Waals surface area contributed by atoms with Crippen LogP contribution < -0.4 is 10.1 Å². The fourth-order valence-corrected chi connectivity index (χ4v) is 3.07. The van der Waals surface area contributed by atoms with Gasteiger partial charge in [0.1, 0.15) is 11.4 Å². The molecule has 0 spiro atoms. The number of hydrogen-bond donors (Lipinski definition) is 1. The number of carbonyl (C=O) groups is 1. The first-order valence-corrected chi connectivity index (χ1v) is 9.22. The molecule has 4 rings (SSSR count). The van der Waals surface area contributed by atoms with Crippen molar-refractivity contribution in [1.82, 2.24) is 20.1 Å². The number of nitrogens with zero attached hydrogens (tertiary/aromatic N) is 3. The second-order valence-corrected chi connectivity index (χ2v) is 6.42. The van der Waals surface area contributed by atoms with Crippen LogP contribution in [0, 0.1) is 0 Å². The molecule has 6 nitrogen and oxygen atoms in total. The molecule has 1 amide bonds. The van der Waals surface area contributed by atoms with Gasteiger partial charge in [-0.2, -0.15) is 5.10 Å². The predicted octanol–water partition coefficient (Wildman–Crippen LogP) is 3.87. The summed E-state index contributed by atoms with van der Waals surface area (Å²) >= 11 is 0. The molecule has 4 aromatic rings. The third-order valence-corrected chi connectivity index (χ3v) is 4.52. The molecule has 0 bridgehead atoms. The Bertz CT molecular complexity index is 1110. The Balaban J connectivity index is 1.73. The van der Waals surface area contributed by atoms with Crippen molar-refractivity contribution in [2.45, 2.75) is 6.54 Å². The second kappa shape index (κ2) is 8.39. The number of hydrogen-bond acceptors (Lipinski definition) is 4. The first-order chi connectivity index (χ1) is 14.3. The van der Waals surface area contributed by atoms with Crippen molar-refractivity contribution in [3.05, 3.63) is 96.4 Å². The first kappa shape index (κ1) is 18.4. The summed E-state index contributed by atoms with van der Waals surface area (Å²) < 4.78 is 7.20. The zero-order chi connectivity index (χ0) is 20.1. The van der Waals surface area contributed by atoms with E-state index in [1.807, 2.05) is 66.7 Å². The Kier molecular flexibility index (Phi) is 5.33. The average Bonchev–Trinajstić information content (AvgIpc) is 3.24. The van der Waals surface area contributed by atoms with E-state index in [9.17, 15) is 4.79 Å². The van der Waals surface area contributed by atoms with Crippen LogP contribution in [0.25, 0.3) is 16.9 Å². The summed E-state index contributed by atoms with van der Waals surface area (Å²) in [6.07, 6.45) is 5.18. The van der Waals surface area contributed by atoms with E-state index in [2.05, 4.69) is 10.3 Å². The lowest BCUT2D eigenvalue weighted by Gasteiger charge is -2.08. The van der Waals surface area contributed by atoms with Crippen molar-refractivity contribution < 1.29 is 9.53 Å². The number of ether oxygens (including phenoxy) is 1. The topological polar surface area (TPSA) is 69.0 Å². The normalized spacial score (nSPS) is 10.5. The molecular formula is C23H20N4O2. The Morgan fingerprint density at radius 2 is 1.83 bits per heavy atom. The van der Waals surface area contributed by atoms with Crippen molar-refractivity contribution >= 4 is 5.91 Å². The molecule has 0 radical (unpaired) electrons. The highest BCUT2D eigenvalue weighted by atomic mass is 16.5. The molecular weight excluding hydrogens is 364 g/mol. The van der Waals surface area contributed by atoms with Crippen LogP contribution in [-0.4, -0.2) is 27.8 Å². The highest BCUT2D eigenvalue weighted by Crippen LogP contribution is 2.31. The number of pyridine rings is 1. The standard InChI is InChI=1S/C23H20N4O2/c1-29-21-12-6-5-11-19(21)22-20(16-27(26-22)18-9-3-2-4-10-18)23(28)25-15-17-8-7-13-24-14-17/h2-14,16H,15H2,1H3,(H,25,28). The summed E-state index contributed by atoms with van der Waals surface area (Å²) in [5.74, 6) is 0.448. The molecule has 2 heterocycles. The maximum Gasteiger partial charge on any atom is 0.255 e. The Morgan fingerprint density at radius 1 is 1.03 bits per heavy atom. The zero-order valence-corrected chi connectivity index (χ0v) is 15.9. The minimum Gasteiger partial charge on any atom is -0.496 e. The molecule has 0 aliphatic carbocycles. The van der Waals surface area contributed by atoms with Crippen LogP contribution in [0.5, 0.6) is 5.75 Å². The van der Waals surface area contributed by atoms with Crippen LogP contribution in [0.4, 0.5) is 0 Å². The third kappa shape index (κ3) is 4.01. The monoisotopic (exact) mass is 384 g/mol. The SMILES string of the molecule is COc1ccccc1-c1nn(-c2ccccc2)cc1C(=O)NCc1cccnc1. The van der Waals surface area contributed by atoms with Gasteiger partial charge in [0.2, 0.25) is 0 Å². The molecule has 0 fully saturated rings. The number of nitrogens with one attached hydrogen (secondary N) is 1. The van der Waals surface area contributed by atoms with Crippen LogP contribution in [0.1, 0.15) is 15.9 Å². The van der Waals surface area contributed by atoms with Crippen molar-refractivity contribution in [1.29, 1.82) is 0 Å². The third-order valence-electron chi connectivity index (χ3n) is 4.52. The predicted molar refractivity (Wildman–Crippen MR) is 111 cm³/mol. The first-order valence-electron chi connectivity index (χ1n) is 9.22. The van der Waals surface area contributed by atoms with E-state index < -0.39 is 0 Å². The lowest BCUT2D eigenvalue weighted by atomic mass is 10.1. The zero-order valence-electron chi connectivity index (χ0n) is 15.9. The minimum atomic E-state index is -0.211. The van der Waals surface area contributed by atoms with E-state index in [0.29, 0.717) is 23.6 Å². The highest BCUT2D eigenvalue weighted by molar-refractivity contribution is 6.00. The van der Waals surface area contributed by atoms with E-state index in [-0.39, 0.29) is 5.91 Å². The Labute approximate surface area is 168 Å². The fraction of sp³-hybridized carbons (Fsp3) is 0.0870. The smallest absolute Gasteiger partial charge is 0.255 e. The van der Waals surface area contributed by atoms with Crippen molar-refractivity contribution in [2.75, 3.05) is 7.11 Å². The van der Waals surface area contributed by atoms with E-state index >= 15 is 0 Å². The molecule has 0 unspecified atom stereocenters. The van der Waals surface area contributed by atoms with E-state index in [0.717, 1.165) is 16.8 Å². The average molecular weight is 384 g/mol. The molecule has 6 heteroatoms. The van der Waals surface area contributed by atoms with Gasteiger partial charge in [-0.15, -0.1) is 0 Å². The van der Waals surface area contributed by atoms with Crippen molar-refractivity contribution in [3.63, 3.8) is 0 Å². The van der Waals surface area contributed by atoms with Gasteiger partial charge in [0.15, 0.2) is 0 Å². The molecule has 0 atom stereocenters. The Morgan fingerprint density at radius 3 is 2.59 bits per heavy atom. The second-order valence-electron chi connectivity index (χ2n) is 6.42. The summed E-state index contributed by atoms with van der Waals surface area (Å²) in [5.41, 5.74) is 3.60. The van der Waals surface area contributed by atoms with Crippen LogP contribution in [-0.2, 0) is 6.54 Å². The summed E-state index contributed by atoms with van der Waals surface area (Å²) in [4.78, 5) is 17.1. The molecule has 2 aromatic heterocycles. The van der Waals surface area contributed by atoms with Crippen molar-refractivity contribution in [2.24, 2.45) is 0 Å². The van der Waals surface area contributed by atoms with Gasteiger partial charge in [0, 0.05) is 30.7 Å². The largest absolute Gasteiger partial charge is 0.496 e. The Hall–Kier alpha value is -3.93. The van der Waals surface area contributed by atoms with Crippen LogP contribution in [0.2, 0.25) is 0 Å². The molecule has 0 saturated heterocycles. The van der Waals surface area contributed by atoms with E-state index in [1.54, 1.807) is 30.4 Å². The number of amides is 1. The quantitative estimate of drug-likeness (QED) is 0.548. The number of rotatable bonds is 6. The van der Waals surface area contributed by atoms with Gasteiger partial charge in [-0.05, 0) is 35.9 Å². The van der Waals surface area contributed by atoms with Gasteiger partial charge >= 0.3 is 0 Å². The molecule has 0 saturated carbocycles. The maximum absolute atomic E-state index is 13.0. The van der Waals surface area contributed by atoms with Gasteiger partial charge in [0.25, 0.3) is 5.91 Å². The molecule has 2 aromatic carbocycles. The molecule has 0 aliphatic rings. The van der Waals surface area contributed by atoms with Gasteiger partial charge in [0.05, 0.1) is 18.4 Å².